The molecule has 2 aromatic carbocycles. The van der Waals surface area contributed by atoms with Crippen molar-refractivity contribution in [3.63, 3.8) is 0 Å². The van der Waals surface area contributed by atoms with E-state index in [1.165, 1.54) is 0 Å². The lowest BCUT2D eigenvalue weighted by molar-refractivity contribution is -0.123. The Morgan fingerprint density at radius 3 is 2.43 bits per heavy atom. The lowest BCUT2D eigenvalue weighted by Crippen LogP contribution is -2.39. The number of nitrogens with one attached hydrogen (secondary N) is 2. The van der Waals surface area contributed by atoms with Gasteiger partial charge in [-0.05, 0) is 35.6 Å². The summed E-state index contributed by atoms with van der Waals surface area (Å²) in [6.45, 7) is 1.25. The largest absolute Gasteiger partial charge is 0.356 e. The number of piperidine rings is 1. The van der Waals surface area contributed by atoms with Crippen molar-refractivity contribution in [2.75, 3.05) is 13.1 Å². The summed E-state index contributed by atoms with van der Waals surface area (Å²) in [5, 5.41) is 5.73. The fraction of sp³-hybridized carbons (Fsp3) is 0.263. The summed E-state index contributed by atoms with van der Waals surface area (Å²) in [7, 11) is 0. The monoisotopic (exact) mass is 308 g/mol. The predicted octanol–water partition coefficient (Wildman–Crippen LogP) is 2.61. The highest BCUT2D eigenvalue weighted by Gasteiger charge is 2.19. The molecule has 0 saturated carbocycles. The molecule has 0 aliphatic carbocycles. The van der Waals surface area contributed by atoms with E-state index in [2.05, 4.69) is 10.6 Å². The van der Waals surface area contributed by atoms with Crippen LogP contribution in [0.15, 0.2) is 54.6 Å². The molecular weight excluding hydrogens is 288 g/mol. The van der Waals surface area contributed by atoms with Crippen LogP contribution >= 0.6 is 0 Å². The standard InChI is InChI=1S/C19H20N2O2/c22-18-12-14(10-11-20-18)13-21-19(23)17-8-6-16(7-9-17)15-4-2-1-3-5-15/h1-9,14H,10-13H2,(H,20,22)(H,21,23). The van der Waals surface area contributed by atoms with Gasteiger partial charge in [0.1, 0.15) is 0 Å². The third-order valence-electron chi connectivity index (χ3n) is 4.15. The first-order valence-electron chi connectivity index (χ1n) is 7.93. The minimum atomic E-state index is -0.0874. The maximum absolute atomic E-state index is 12.2. The Morgan fingerprint density at radius 1 is 1.04 bits per heavy atom. The van der Waals surface area contributed by atoms with Crippen molar-refractivity contribution in [1.29, 1.82) is 0 Å². The van der Waals surface area contributed by atoms with Gasteiger partial charge in [-0.2, -0.15) is 0 Å². The number of benzene rings is 2. The van der Waals surface area contributed by atoms with Gasteiger partial charge in [-0.3, -0.25) is 9.59 Å². The number of hydrogen-bond donors (Lipinski definition) is 2. The molecular formula is C19H20N2O2. The third-order valence-corrected chi connectivity index (χ3v) is 4.15. The van der Waals surface area contributed by atoms with Crippen molar-refractivity contribution >= 4 is 11.8 Å². The molecule has 23 heavy (non-hydrogen) atoms. The second-order valence-corrected chi connectivity index (χ2v) is 5.86. The Bertz CT molecular complexity index is 680. The fourth-order valence-electron chi connectivity index (χ4n) is 2.81. The highest BCUT2D eigenvalue weighted by atomic mass is 16.2. The molecule has 1 unspecified atom stereocenters. The Balaban J connectivity index is 1.58. The minimum absolute atomic E-state index is 0.0720. The molecule has 1 atom stereocenters. The summed E-state index contributed by atoms with van der Waals surface area (Å²) in [4.78, 5) is 23.5. The molecule has 2 N–H and O–H groups in total. The molecule has 0 spiro atoms. The molecule has 1 fully saturated rings. The van der Waals surface area contributed by atoms with Crippen molar-refractivity contribution in [2.45, 2.75) is 12.8 Å². The van der Waals surface area contributed by atoms with Gasteiger partial charge in [-0.15, -0.1) is 0 Å². The summed E-state index contributed by atoms with van der Waals surface area (Å²) >= 11 is 0. The molecule has 4 heteroatoms. The first kappa shape index (κ1) is 15.3. The van der Waals surface area contributed by atoms with Gasteiger partial charge in [0.05, 0.1) is 0 Å². The SMILES string of the molecule is O=C1CC(CNC(=O)c2ccc(-c3ccccc3)cc2)CCN1. The van der Waals surface area contributed by atoms with Crippen molar-refractivity contribution in [3.8, 4) is 11.1 Å². The van der Waals surface area contributed by atoms with E-state index in [0.717, 1.165) is 17.5 Å². The number of carbonyl (C=O) groups excluding carboxylic acids is 2. The lowest BCUT2D eigenvalue weighted by Gasteiger charge is -2.22. The van der Waals surface area contributed by atoms with Crippen LogP contribution in [0.5, 0.6) is 0 Å². The van der Waals surface area contributed by atoms with E-state index < -0.39 is 0 Å². The van der Waals surface area contributed by atoms with E-state index in [1.54, 1.807) is 0 Å². The zero-order chi connectivity index (χ0) is 16.1. The average Bonchev–Trinajstić information content (AvgIpc) is 2.61. The van der Waals surface area contributed by atoms with Crippen LogP contribution in [0.1, 0.15) is 23.2 Å². The van der Waals surface area contributed by atoms with Crippen molar-refractivity contribution in [2.24, 2.45) is 5.92 Å². The van der Waals surface area contributed by atoms with Gasteiger partial charge >= 0.3 is 0 Å². The third kappa shape index (κ3) is 3.97. The van der Waals surface area contributed by atoms with Crippen LogP contribution in [0, 0.1) is 5.92 Å². The molecule has 0 radical (unpaired) electrons. The number of amides is 2. The molecule has 0 aromatic heterocycles. The van der Waals surface area contributed by atoms with Gasteiger partial charge in [0, 0.05) is 25.1 Å². The average molecular weight is 308 g/mol. The number of hydrogen-bond acceptors (Lipinski definition) is 2. The molecule has 118 valence electrons. The molecule has 0 bridgehead atoms. The Labute approximate surface area is 135 Å². The van der Waals surface area contributed by atoms with Crippen molar-refractivity contribution < 1.29 is 9.59 Å². The summed E-state index contributed by atoms with van der Waals surface area (Å²) < 4.78 is 0. The van der Waals surface area contributed by atoms with E-state index >= 15 is 0 Å². The maximum Gasteiger partial charge on any atom is 0.251 e. The topological polar surface area (TPSA) is 58.2 Å². The van der Waals surface area contributed by atoms with Gasteiger partial charge in [-0.1, -0.05) is 42.5 Å². The summed E-state index contributed by atoms with van der Waals surface area (Å²) in [6.07, 6.45) is 1.41. The quantitative estimate of drug-likeness (QED) is 0.912. The normalized spacial score (nSPS) is 17.4. The van der Waals surface area contributed by atoms with Gasteiger partial charge in [0.15, 0.2) is 0 Å². The van der Waals surface area contributed by atoms with E-state index in [-0.39, 0.29) is 17.7 Å². The van der Waals surface area contributed by atoms with E-state index in [9.17, 15) is 9.59 Å². The van der Waals surface area contributed by atoms with Gasteiger partial charge < -0.3 is 10.6 Å². The van der Waals surface area contributed by atoms with Crippen LogP contribution < -0.4 is 10.6 Å². The molecule has 2 aromatic rings. The lowest BCUT2D eigenvalue weighted by atomic mass is 9.97. The van der Waals surface area contributed by atoms with Gasteiger partial charge in [-0.25, -0.2) is 0 Å². The minimum Gasteiger partial charge on any atom is -0.356 e. The van der Waals surface area contributed by atoms with Crippen LogP contribution in [-0.2, 0) is 4.79 Å². The van der Waals surface area contributed by atoms with Crippen LogP contribution in [0.3, 0.4) is 0 Å². The zero-order valence-corrected chi connectivity index (χ0v) is 12.9. The molecule has 3 rings (SSSR count). The predicted molar refractivity (Wildman–Crippen MR) is 89.9 cm³/mol. The Hall–Kier alpha value is -2.62. The highest BCUT2D eigenvalue weighted by Crippen LogP contribution is 2.19. The molecule has 4 nitrogen and oxygen atoms in total. The van der Waals surface area contributed by atoms with Gasteiger partial charge in [0.25, 0.3) is 5.91 Å². The van der Waals surface area contributed by atoms with Crippen molar-refractivity contribution in [1.82, 2.24) is 10.6 Å². The first-order chi connectivity index (χ1) is 11.2. The van der Waals surface area contributed by atoms with E-state index in [1.807, 2.05) is 54.6 Å². The second-order valence-electron chi connectivity index (χ2n) is 5.86. The summed E-state index contributed by atoms with van der Waals surface area (Å²) in [6, 6.07) is 17.7. The van der Waals surface area contributed by atoms with Crippen LogP contribution in [0.4, 0.5) is 0 Å². The van der Waals surface area contributed by atoms with E-state index in [0.29, 0.717) is 25.1 Å². The molecule has 2 amide bonds. The zero-order valence-electron chi connectivity index (χ0n) is 12.9. The first-order valence-corrected chi connectivity index (χ1v) is 7.93. The van der Waals surface area contributed by atoms with Crippen LogP contribution in [0.2, 0.25) is 0 Å². The number of rotatable bonds is 4. The van der Waals surface area contributed by atoms with Crippen molar-refractivity contribution in [3.05, 3.63) is 60.2 Å². The summed E-state index contributed by atoms with van der Waals surface area (Å²) in [5.74, 6) is 0.217. The van der Waals surface area contributed by atoms with Crippen LogP contribution in [-0.4, -0.2) is 24.9 Å². The molecule has 1 aliphatic heterocycles. The second kappa shape index (κ2) is 7.09. The van der Waals surface area contributed by atoms with Crippen LogP contribution in [0.25, 0.3) is 11.1 Å². The van der Waals surface area contributed by atoms with E-state index in [4.69, 9.17) is 0 Å². The fourth-order valence-corrected chi connectivity index (χ4v) is 2.81. The Kier molecular flexibility index (Phi) is 4.71. The Morgan fingerprint density at radius 2 is 1.74 bits per heavy atom. The summed E-state index contributed by atoms with van der Waals surface area (Å²) in [5.41, 5.74) is 2.86. The number of carbonyl (C=O) groups is 2. The molecule has 1 aliphatic rings. The highest BCUT2D eigenvalue weighted by molar-refractivity contribution is 5.94. The van der Waals surface area contributed by atoms with Gasteiger partial charge in [0.2, 0.25) is 5.91 Å². The molecule has 1 heterocycles. The smallest absolute Gasteiger partial charge is 0.251 e. The molecule has 1 saturated heterocycles. The maximum atomic E-state index is 12.2.